The van der Waals surface area contributed by atoms with Gasteiger partial charge in [0.1, 0.15) is 0 Å². The van der Waals surface area contributed by atoms with Gasteiger partial charge >= 0.3 is 11.7 Å². The predicted molar refractivity (Wildman–Crippen MR) is 67.7 cm³/mol. The van der Waals surface area contributed by atoms with Crippen LogP contribution in [0.3, 0.4) is 0 Å². The Kier molecular flexibility index (Phi) is 5.63. The molecule has 0 aromatic carbocycles. The number of carbonyl (C=O) groups is 1. The maximum atomic E-state index is 12.9. The summed E-state index contributed by atoms with van der Waals surface area (Å²) in [6.45, 7) is 2.42. The van der Waals surface area contributed by atoms with Gasteiger partial charge in [-0.25, -0.2) is 14.2 Å². The highest BCUT2D eigenvalue weighted by atomic mass is 32.2. The Balaban J connectivity index is 2.60. The van der Waals surface area contributed by atoms with E-state index in [9.17, 15) is 18.8 Å². The third-order valence-electron chi connectivity index (χ3n) is 1.99. The Hall–Kier alpha value is -1.57. The van der Waals surface area contributed by atoms with E-state index in [0.29, 0.717) is 23.1 Å². The lowest BCUT2D eigenvalue weighted by atomic mass is 10.6. The zero-order valence-electron chi connectivity index (χ0n) is 9.86. The second kappa shape index (κ2) is 7.00. The fourth-order valence-corrected chi connectivity index (χ4v) is 1.90. The van der Waals surface area contributed by atoms with E-state index >= 15 is 0 Å². The first kappa shape index (κ1) is 14.5. The first-order chi connectivity index (χ1) is 8.56. The molecule has 0 aliphatic heterocycles. The average molecular weight is 275 g/mol. The van der Waals surface area contributed by atoms with Crippen molar-refractivity contribution in [1.82, 2.24) is 14.9 Å². The number of rotatable bonds is 5. The van der Waals surface area contributed by atoms with Crippen LogP contribution in [0.1, 0.15) is 13.3 Å². The van der Waals surface area contributed by atoms with Crippen molar-refractivity contribution < 1.29 is 9.18 Å². The monoisotopic (exact) mass is 275 g/mol. The van der Waals surface area contributed by atoms with Crippen molar-refractivity contribution in [3.05, 3.63) is 32.9 Å². The Morgan fingerprint density at radius 3 is 2.89 bits per heavy atom. The molecule has 18 heavy (non-hydrogen) atoms. The Bertz CT molecular complexity index is 526. The van der Waals surface area contributed by atoms with Crippen molar-refractivity contribution in [2.45, 2.75) is 13.3 Å². The first-order valence-electron chi connectivity index (χ1n) is 5.43. The van der Waals surface area contributed by atoms with Crippen LogP contribution in [0.15, 0.2) is 15.8 Å². The molecular formula is C10H14FN3O3S. The van der Waals surface area contributed by atoms with Crippen molar-refractivity contribution in [3.63, 3.8) is 0 Å². The summed E-state index contributed by atoms with van der Waals surface area (Å²) in [5.74, 6) is 0.522. The van der Waals surface area contributed by atoms with E-state index in [2.05, 4.69) is 5.32 Å². The van der Waals surface area contributed by atoms with Crippen LogP contribution in [0.5, 0.6) is 0 Å². The summed E-state index contributed by atoms with van der Waals surface area (Å²) < 4.78 is 13.4. The molecule has 0 unspecified atom stereocenters. The van der Waals surface area contributed by atoms with Crippen LogP contribution in [0.2, 0.25) is 0 Å². The normalized spacial score (nSPS) is 10.3. The van der Waals surface area contributed by atoms with E-state index in [0.717, 1.165) is 12.2 Å². The maximum absolute atomic E-state index is 12.9. The summed E-state index contributed by atoms with van der Waals surface area (Å²) in [6, 6.07) is -0.757. The van der Waals surface area contributed by atoms with Gasteiger partial charge in [0.15, 0.2) is 0 Å². The Morgan fingerprint density at radius 1 is 1.50 bits per heavy atom. The molecule has 0 bridgehead atoms. The van der Waals surface area contributed by atoms with Crippen molar-refractivity contribution in [3.8, 4) is 0 Å². The molecule has 0 spiro atoms. The number of halogens is 1. The lowest BCUT2D eigenvalue weighted by Gasteiger charge is -2.06. The van der Waals surface area contributed by atoms with Gasteiger partial charge in [0, 0.05) is 12.3 Å². The van der Waals surface area contributed by atoms with Gasteiger partial charge in [0.25, 0.3) is 5.56 Å². The highest BCUT2D eigenvalue weighted by Gasteiger charge is 2.09. The largest absolute Gasteiger partial charge is 0.336 e. The van der Waals surface area contributed by atoms with Crippen molar-refractivity contribution >= 4 is 17.8 Å². The minimum absolute atomic E-state index is 0.372. The molecule has 1 aromatic rings. The van der Waals surface area contributed by atoms with Crippen LogP contribution in [-0.2, 0) is 0 Å². The average Bonchev–Trinajstić information content (AvgIpc) is 2.33. The zero-order valence-corrected chi connectivity index (χ0v) is 10.7. The summed E-state index contributed by atoms with van der Waals surface area (Å²) in [6.07, 6.45) is 1.62. The second-order valence-electron chi connectivity index (χ2n) is 3.45. The molecule has 1 amide bonds. The molecule has 1 rings (SSSR count). The topological polar surface area (TPSA) is 84.0 Å². The second-order valence-corrected chi connectivity index (χ2v) is 4.68. The van der Waals surface area contributed by atoms with Crippen LogP contribution in [0, 0.1) is 5.82 Å². The van der Waals surface area contributed by atoms with Gasteiger partial charge < -0.3 is 5.32 Å². The fraction of sp³-hybridized carbons (Fsp3) is 0.500. The molecule has 0 aliphatic rings. The number of hydrogen-bond donors (Lipinski definition) is 2. The zero-order chi connectivity index (χ0) is 13.5. The van der Waals surface area contributed by atoms with Gasteiger partial charge in [-0.05, 0) is 12.2 Å². The Labute approximate surface area is 107 Å². The van der Waals surface area contributed by atoms with Crippen molar-refractivity contribution in [2.24, 2.45) is 0 Å². The third-order valence-corrected chi connectivity index (χ3v) is 3.18. The molecule has 0 atom stereocenters. The van der Waals surface area contributed by atoms with E-state index in [1.165, 1.54) is 0 Å². The van der Waals surface area contributed by atoms with E-state index in [1.807, 2.05) is 6.92 Å². The summed E-state index contributed by atoms with van der Waals surface area (Å²) in [7, 11) is 0. The third kappa shape index (κ3) is 4.02. The molecule has 0 saturated heterocycles. The number of thioether (sulfide) groups is 1. The van der Waals surface area contributed by atoms with Gasteiger partial charge in [0.2, 0.25) is 5.82 Å². The van der Waals surface area contributed by atoms with Crippen LogP contribution in [0.25, 0.3) is 0 Å². The predicted octanol–water partition coefficient (Wildman–Crippen LogP) is 0.377. The molecule has 0 fully saturated rings. The molecule has 6 nitrogen and oxygen atoms in total. The van der Waals surface area contributed by atoms with Gasteiger partial charge in [0.05, 0.1) is 6.20 Å². The molecule has 0 saturated carbocycles. The van der Waals surface area contributed by atoms with Crippen molar-refractivity contribution in [1.29, 1.82) is 0 Å². The lowest BCUT2D eigenvalue weighted by Crippen LogP contribution is -2.41. The molecular weight excluding hydrogens is 261 g/mol. The molecule has 1 aromatic heterocycles. The number of aromatic nitrogens is 2. The SMILES string of the molecule is CCCSCCNC(=O)n1cc(F)c(=O)[nH]c1=O. The fourth-order valence-electron chi connectivity index (χ4n) is 1.16. The highest BCUT2D eigenvalue weighted by Crippen LogP contribution is 1.99. The first-order valence-corrected chi connectivity index (χ1v) is 6.59. The quantitative estimate of drug-likeness (QED) is 0.761. The Morgan fingerprint density at radius 2 is 2.22 bits per heavy atom. The molecule has 2 N–H and O–H groups in total. The standard InChI is InChI=1S/C10H14FN3O3S/c1-2-4-18-5-3-12-9(16)14-6-7(11)8(15)13-10(14)17/h6H,2-5H2,1H3,(H,12,16)(H,13,15,17). The number of H-pyrrole nitrogens is 1. The van der Waals surface area contributed by atoms with Gasteiger partial charge in [-0.1, -0.05) is 6.92 Å². The minimum atomic E-state index is -1.18. The molecule has 100 valence electrons. The highest BCUT2D eigenvalue weighted by molar-refractivity contribution is 7.99. The van der Waals surface area contributed by atoms with E-state index in [-0.39, 0.29) is 0 Å². The summed E-state index contributed by atoms with van der Waals surface area (Å²) in [4.78, 5) is 35.2. The maximum Gasteiger partial charge on any atom is 0.336 e. The van der Waals surface area contributed by atoms with Crippen LogP contribution in [-0.4, -0.2) is 33.6 Å². The number of aromatic amines is 1. The van der Waals surface area contributed by atoms with Gasteiger partial charge in [-0.15, -0.1) is 0 Å². The summed E-state index contributed by atoms with van der Waals surface area (Å²) in [5.41, 5.74) is -2.09. The van der Waals surface area contributed by atoms with Gasteiger partial charge in [-0.2, -0.15) is 16.2 Å². The van der Waals surface area contributed by atoms with E-state index in [4.69, 9.17) is 0 Å². The molecule has 0 radical (unpaired) electrons. The summed E-state index contributed by atoms with van der Waals surface area (Å²) in [5, 5.41) is 2.46. The number of amides is 1. The number of nitrogens with one attached hydrogen (secondary N) is 2. The summed E-state index contributed by atoms with van der Waals surface area (Å²) >= 11 is 1.67. The van der Waals surface area contributed by atoms with Crippen LogP contribution < -0.4 is 16.6 Å². The lowest BCUT2D eigenvalue weighted by molar-refractivity contribution is 0.241. The smallest absolute Gasteiger partial charge is 0.336 e. The number of carbonyl (C=O) groups excluding carboxylic acids is 1. The van der Waals surface area contributed by atoms with E-state index in [1.54, 1.807) is 16.7 Å². The van der Waals surface area contributed by atoms with Crippen LogP contribution in [0.4, 0.5) is 9.18 Å². The van der Waals surface area contributed by atoms with Gasteiger partial charge in [-0.3, -0.25) is 9.78 Å². The van der Waals surface area contributed by atoms with Crippen molar-refractivity contribution in [2.75, 3.05) is 18.1 Å². The van der Waals surface area contributed by atoms with Crippen LogP contribution >= 0.6 is 11.8 Å². The molecule has 0 aliphatic carbocycles. The number of nitrogens with zero attached hydrogens (tertiary/aromatic N) is 1. The molecule has 8 heteroatoms. The number of hydrogen-bond acceptors (Lipinski definition) is 4. The molecule has 1 heterocycles. The van der Waals surface area contributed by atoms with E-state index < -0.39 is 23.1 Å². The minimum Gasteiger partial charge on any atom is -0.336 e.